The first-order chi connectivity index (χ1) is 11.6. The molecular formula is C18H34IN5S. The van der Waals surface area contributed by atoms with Crippen LogP contribution in [0.25, 0.3) is 0 Å². The standard InChI is InChI=1S/C18H33N5S.HI/c1-15(14-23-9-7-22(4)8-10-23)12-20-18(19-3)21-13-16(2)17-6-5-11-24-17;/h5-6,11,15-16H,7-10,12-14H2,1-4H3,(H2,19,20,21);1H. The number of nitrogens with zero attached hydrogens (tertiary/aromatic N) is 3. The molecule has 0 aromatic carbocycles. The van der Waals surface area contributed by atoms with Crippen molar-refractivity contribution >= 4 is 41.3 Å². The Morgan fingerprint density at radius 2 is 1.88 bits per heavy atom. The third-order valence-electron chi connectivity index (χ3n) is 4.61. The second-order valence-electron chi connectivity index (χ2n) is 6.96. The highest BCUT2D eigenvalue weighted by molar-refractivity contribution is 14.0. The molecule has 1 aliphatic rings. The molecule has 1 saturated heterocycles. The van der Waals surface area contributed by atoms with Crippen LogP contribution in [0.15, 0.2) is 22.5 Å². The molecule has 1 aromatic heterocycles. The maximum atomic E-state index is 4.35. The Morgan fingerprint density at radius 1 is 1.20 bits per heavy atom. The summed E-state index contributed by atoms with van der Waals surface area (Å²) in [5, 5.41) is 9.06. The summed E-state index contributed by atoms with van der Waals surface area (Å²) in [6.45, 7) is 12.3. The maximum Gasteiger partial charge on any atom is 0.191 e. The van der Waals surface area contributed by atoms with Crippen molar-refractivity contribution in [3.63, 3.8) is 0 Å². The van der Waals surface area contributed by atoms with Crippen LogP contribution < -0.4 is 10.6 Å². The number of likely N-dealkylation sites (N-methyl/N-ethyl adjacent to an activating group) is 1. The fourth-order valence-electron chi connectivity index (χ4n) is 2.95. The van der Waals surface area contributed by atoms with E-state index in [1.54, 1.807) is 0 Å². The number of guanidine groups is 1. The Morgan fingerprint density at radius 3 is 2.48 bits per heavy atom. The van der Waals surface area contributed by atoms with Crippen LogP contribution in [0.4, 0.5) is 0 Å². The second kappa shape index (κ2) is 12.1. The molecule has 7 heteroatoms. The molecule has 0 aliphatic carbocycles. The van der Waals surface area contributed by atoms with Crippen molar-refractivity contribution in [1.82, 2.24) is 20.4 Å². The minimum absolute atomic E-state index is 0. The van der Waals surface area contributed by atoms with E-state index in [0.29, 0.717) is 11.8 Å². The van der Waals surface area contributed by atoms with E-state index in [4.69, 9.17) is 0 Å². The zero-order valence-electron chi connectivity index (χ0n) is 16.0. The third-order valence-corrected chi connectivity index (χ3v) is 5.72. The summed E-state index contributed by atoms with van der Waals surface area (Å²) in [7, 11) is 4.05. The van der Waals surface area contributed by atoms with Gasteiger partial charge in [-0.1, -0.05) is 19.9 Å². The van der Waals surface area contributed by atoms with Gasteiger partial charge in [0.15, 0.2) is 5.96 Å². The average molecular weight is 479 g/mol. The molecule has 5 nitrogen and oxygen atoms in total. The van der Waals surface area contributed by atoms with E-state index in [2.05, 4.69) is 63.8 Å². The number of nitrogens with one attached hydrogen (secondary N) is 2. The van der Waals surface area contributed by atoms with Gasteiger partial charge in [-0.15, -0.1) is 35.3 Å². The van der Waals surface area contributed by atoms with Gasteiger partial charge in [0.25, 0.3) is 0 Å². The SMILES string of the molecule is CN=C(NCC(C)CN1CCN(C)CC1)NCC(C)c1cccs1.I. The average Bonchev–Trinajstić information content (AvgIpc) is 3.11. The largest absolute Gasteiger partial charge is 0.356 e. The Balaban J connectivity index is 0.00000312. The Labute approximate surface area is 174 Å². The van der Waals surface area contributed by atoms with Crippen molar-refractivity contribution in [2.75, 3.05) is 59.9 Å². The van der Waals surface area contributed by atoms with Crippen LogP contribution in [0, 0.1) is 5.92 Å². The van der Waals surface area contributed by atoms with E-state index >= 15 is 0 Å². The number of hydrogen-bond donors (Lipinski definition) is 2. The molecule has 1 aliphatic heterocycles. The quantitative estimate of drug-likeness (QED) is 0.359. The van der Waals surface area contributed by atoms with E-state index in [0.717, 1.165) is 25.6 Å². The van der Waals surface area contributed by atoms with Gasteiger partial charge in [-0.25, -0.2) is 0 Å². The lowest BCUT2D eigenvalue weighted by atomic mass is 10.1. The lowest BCUT2D eigenvalue weighted by molar-refractivity contribution is 0.139. The Hall–Kier alpha value is -0.380. The maximum absolute atomic E-state index is 4.35. The second-order valence-corrected chi connectivity index (χ2v) is 7.94. The van der Waals surface area contributed by atoms with Crippen LogP contribution >= 0.6 is 35.3 Å². The fourth-order valence-corrected chi connectivity index (χ4v) is 3.74. The van der Waals surface area contributed by atoms with E-state index in [9.17, 15) is 0 Å². The molecule has 144 valence electrons. The zero-order valence-corrected chi connectivity index (χ0v) is 19.1. The highest BCUT2D eigenvalue weighted by atomic mass is 127. The number of rotatable bonds is 7. The summed E-state index contributed by atoms with van der Waals surface area (Å²) >= 11 is 1.82. The lowest BCUT2D eigenvalue weighted by Gasteiger charge is -2.34. The van der Waals surface area contributed by atoms with Crippen molar-refractivity contribution in [3.05, 3.63) is 22.4 Å². The highest BCUT2D eigenvalue weighted by Crippen LogP contribution is 2.19. The minimum Gasteiger partial charge on any atom is -0.356 e. The zero-order chi connectivity index (χ0) is 17.4. The summed E-state index contributed by atoms with van der Waals surface area (Å²) in [6.07, 6.45) is 0. The number of piperazine rings is 1. The van der Waals surface area contributed by atoms with Crippen molar-refractivity contribution in [2.24, 2.45) is 10.9 Å². The van der Waals surface area contributed by atoms with E-state index in [-0.39, 0.29) is 24.0 Å². The van der Waals surface area contributed by atoms with Crippen LogP contribution in [-0.2, 0) is 0 Å². The number of thiophene rings is 1. The summed E-state index contributed by atoms with van der Waals surface area (Å²) < 4.78 is 0. The van der Waals surface area contributed by atoms with Crippen LogP contribution in [0.2, 0.25) is 0 Å². The predicted octanol–water partition coefficient (Wildman–Crippen LogP) is 2.52. The summed E-state index contributed by atoms with van der Waals surface area (Å²) in [6, 6.07) is 4.31. The summed E-state index contributed by atoms with van der Waals surface area (Å²) in [5.41, 5.74) is 0. The molecule has 1 aromatic rings. The first-order valence-electron chi connectivity index (χ1n) is 8.97. The highest BCUT2D eigenvalue weighted by Gasteiger charge is 2.16. The van der Waals surface area contributed by atoms with Gasteiger partial charge < -0.3 is 20.4 Å². The Kier molecular flexibility index (Phi) is 11.0. The van der Waals surface area contributed by atoms with Crippen molar-refractivity contribution < 1.29 is 0 Å². The molecule has 0 saturated carbocycles. The molecule has 0 radical (unpaired) electrons. The van der Waals surface area contributed by atoms with Gasteiger partial charge in [-0.2, -0.15) is 0 Å². The van der Waals surface area contributed by atoms with Gasteiger partial charge in [0.1, 0.15) is 0 Å². The predicted molar refractivity (Wildman–Crippen MR) is 121 cm³/mol. The van der Waals surface area contributed by atoms with Gasteiger partial charge in [0.05, 0.1) is 0 Å². The molecule has 2 atom stereocenters. The first kappa shape index (κ1) is 22.7. The van der Waals surface area contributed by atoms with E-state index < -0.39 is 0 Å². The summed E-state index contributed by atoms with van der Waals surface area (Å²) in [5.74, 6) is 2.02. The Bertz CT molecular complexity index is 486. The molecule has 1 fully saturated rings. The fraction of sp³-hybridized carbons (Fsp3) is 0.722. The smallest absolute Gasteiger partial charge is 0.191 e. The molecule has 2 N–H and O–H groups in total. The lowest BCUT2D eigenvalue weighted by Crippen LogP contribution is -2.47. The van der Waals surface area contributed by atoms with E-state index in [1.807, 2.05) is 18.4 Å². The molecule has 0 spiro atoms. The normalized spacial score (nSPS) is 19.1. The van der Waals surface area contributed by atoms with Gasteiger partial charge in [0.2, 0.25) is 0 Å². The van der Waals surface area contributed by atoms with Gasteiger partial charge in [0, 0.05) is 63.7 Å². The van der Waals surface area contributed by atoms with Crippen molar-refractivity contribution in [1.29, 1.82) is 0 Å². The molecular weight excluding hydrogens is 445 g/mol. The molecule has 2 heterocycles. The van der Waals surface area contributed by atoms with Crippen LogP contribution in [-0.4, -0.2) is 75.7 Å². The van der Waals surface area contributed by atoms with Gasteiger partial charge in [-0.05, 0) is 24.4 Å². The first-order valence-corrected chi connectivity index (χ1v) is 9.85. The topological polar surface area (TPSA) is 42.9 Å². The van der Waals surface area contributed by atoms with E-state index in [1.165, 1.54) is 31.1 Å². The summed E-state index contributed by atoms with van der Waals surface area (Å²) in [4.78, 5) is 10.7. The van der Waals surface area contributed by atoms with Crippen molar-refractivity contribution in [3.8, 4) is 0 Å². The van der Waals surface area contributed by atoms with Crippen LogP contribution in [0.5, 0.6) is 0 Å². The molecule has 2 rings (SSSR count). The monoisotopic (exact) mass is 479 g/mol. The van der Waals surface area contributed by atoms with Gasteiger partial charge >= 0.3 is 0 Å². The molecule has 2 unspecified atom stereocenters. The number of aliphatic imine (C=N–C) groups is 1. The number of hydrogen-bond acceptors (Lipinski definition) is 4. The van der Waals surface area contributed by atoms with Crippen molar-refractivity contribution in [2.45, 2.75) is 19.8 Å². The van der Waals surface area contributed by atoms with Crippen LogP contribution in [0.3, 0.4) is 0 Å². The molecule has 0 amide bonds. The van der Waals surface area contributed by atoms with Crippen LogP contribution in [0.1, 0.15) is 24.6 Å². The third kappa shape index (κ3) is 8.23. The number of halogens is 1. The van der Waals surface area contributed by atoms with Gasteiger partial charge in [-0.3, -0.25) is 4.99 Å². The minimum atomic E-state index is 0. The molecule has 25 heavy (non-hydrogen) atoms. The molecule has 0 bridgehead atoms.